The van der Waals surface area contributed by atoms with Crippen molar-refractivity contribution in [2.45, 2.75) is 51.5 Å². The summed E-state index contributed by atoms with van der Waals surface area (Å²) in [5.74, 6) is -1.09. The Balaban J connectivity index is 1.16. The van der Waals surface area contributed by atoms with Crippen LogP contribution in [0.5, 0.6) is 0 Å². The van der Waals surface area contributed by atoms with Gasteiger partial charge >= 0.3 is 5.97 Å². The lowest BCUT2D eigenvalue weighted by atomic mass is 9.97. The van der Waals surface area contributed by atoms with Crippen LogP contribution in [0.2, 0.25) is 0 Å². The maximum absolute atomic E-state index is 13.0. The van der Waals surface area contributed by atoms with Crippen LogP contribution in [0.3, 0.4) is 0 Å². The number of nitrogens with one attached hydrogen (secondary N) is 1. The van der Waals surface area contributed by atoms with Crippen molar-refractivity contribution < 1.29 is 19.1 Å². The van der Waals surface area contributed by atoms with Crippen molar-refractivity contribution in [2.75, 3.05) is 19.7 Å². The molecule has 0 radical (unpaired) electrons. The van der Waals surface area contributed by atoms with Gasteiger partial charge in [0, 0.05) is 36.3 Å². The maximum Gasteiger partial charge on any atom is 0.308 e. The molecule has 1 N–H and O–H groups in total. The molecule has 1 saturated heterocycles. The van der Waals surface area contributed by atoms with Gasteiger partial charge in [0.2, 0.25) is 5.78 Å². The lowest BCUT2D eigenvalue weighted by Crippen LogP contribution is -2.27. The molecule has 4 heterocycles. The van der Waals surface area contributed by atoms with Crippen LogP contribution in [-0.4, -0.2) is 56.8 Å². The molecular formula is C24H26N4O5S. The molecule has 5 rings (SSSR count). The van der Waals surface area contributed by atoms with E-state index in [0.717, 1.165) is 62.0 Å². The van der Waals surface area contributed by atoms with Crippen LogP contribution in [0, 0.1) is 0 Å². The Labute approximate surface area is 199 Å². The fourth-order valence-corrected chi connectivity index (χ4v) is 5.84. The molecule has 10 heteroatoms. The molecule has 0 bridgehead atoms. The first-order chi connectivity index (χ1) is 16.5. The molecule has 9 nitrogen and oxygen atoms in total. The third-order valence-corrected chi connectivity index (χ3v) is 7.69. The zero-order valence-corrected chi connectivity index (χ0v) is 19.6. The normalized spacial score (nSPS) is 15.5. The maximum atomic E-state index is 13.0. The zero-order valence-electron chi connectivity index (χ0n) is 18.8. The number of amides is 1. The molecule has 3 aromatic rings. The summed E-state index contributed by atoms with van der Waals surface area (Å²) in [5, 5.41) is 0.678. The number of aromatic amines is 1. The predicted molar refractivity (Wildman–Crippen MR) is 126 cm³/mol. The minimum atomic E-state index is -0.573. The second-order valence-corrected chi connectivity index (χ2v) is 9.85. The van der Waals surface area contributed by atoms with Crippen LogP contribution in [-0.2, 0) is 28.9 Å². The molecule has 3 aromatic heterocycles. The van der Waals surface area contributed by atoms with Gasteiger partial charge in [-0.2, -0.15) is 0 Å². The van der Waals surface area contributed by atoms with Crippen LogP contribution in [0.25, 0.3) is 10.2 Å². The summed E-state index contributed by atoms with van der Waals surface area (Å²) < 4.78 is 6.56. The number of carbonyl (C=O) groups excluding carboxylic acids is 3. The van der Waals surface area contributed by atoms with Crippen molar-refractivity contribution in [3.8, 4) is 0 Å². The molecule has 178 valence electrons. The number of thiophene rings is 1. The minimum absolute atomic E-state index is 0.0431. The molecule has 1 amide bonds. The number of ether oxygens (including phenoxy) is 1. The fraction of sp³-hybridized carbons (Fsp3) is 0.458. The van der Waals surface area contributed by atoms with E-state index in [4.69, 9.17) is 4.74 Å². The number of aryl methyl sites for hydroxylation is 3. The predicted octanol–water partition coefficient (Wildman–Crippen LogP) is 2.72. The van der Waals surface area contributed by atoms with Crippen molar-refractivity contribution in [1.82, 2.24) is 19.4 Å². The van der Waals surface area contributed by atoms with Gasteiger partial charge in [0.1, 0.15) is 10.5 Å². The van der Waals surface area contributed by atoms with E-state index in [0.29, 0.717) is 16.6 Å². The summed E-state index contributed by atoms with van der Waals surface area (Å²) in [6.45, 7) is 1.16. The average molecular weight is 483 g/mol. The van der Waals surface area contributed by atoms with Crippen molar-refractivity contribution in [3.05, 3.63) is 50.6 Å². The number of esters is 1. The lowest BCUT2D eigenvalue weighted by molar-refractivity contribution is -0.142. The van der Waals surface area contributed by atoms with Crippen molar-refractivity contribution in [1.29, 1.82) is 0 Å². The zero-order chi connectivity index (χ0) is 23.7. The van der Waals surface area contributed by atoms with Crippen LogP contribution < -0.4 is 5.56 Å². The number of fused-ring (bicyclic) bond motifs is 3. The summed E-state index contributed by atoms with van der Waals surface area (Å²) in [6, 6.07) is 1.50. The molecule has 0 atom stereocenters. The van der Waals surface area contributed by atoms with Crippen LogP contribution in [0.15, 0.2) is 23.4 Å². The highest BCUT2D eigenvalue weighted by Gasteiger charge is 2.23. The Morgan fingerprint density at radius 3 is 2.74 bits per heavy atom. The summed E-state index contributed by atoms with van der Waals surface area (Å²) in [6.07, 6.45) is 8.96. The first-order valence-corrected chi connectivity index (χ1v) is 12.5. The standard InChI is InChI=1S/C24H26N4O5S/c29-18(15-11-17(25-12-15)23(31)27-8-3-4-9-27)13-33-20(30)7-10-28-14-26-22-21(24(28)32)16-5-1-2-6-19(16)34-22/h11-12,14,25H,1-10,13H2. The Morgan fingerprint density at radius 2 is 1.91 bits per heavy atom. The molecule has 0 aromatic carbocycles. The molecule has 0 spiro atoms. The van der Waals surface area contributed by atoms with Crippen molar-refractivity contribution in [3.63, 3.8) is 0 Å². The Kier molecular flexibility index (Phi) is 6.32. The largest absolute Gasteiger partial charge is 0.457 e. The third-order valence-electron chi connectivity index (χ3n) is 6.49. The fourth-order valence-electron chi connectivity index (χ4n) is 4.62. The molecule has 1 fully saturated rings. The van der Waals surface area contributed by atoms with Gasteiger partial charge in [-0.05, 0) is 50.2 Å². The molecular weight excluding hydrogens is 456 g/mol. The molecule has 0 unspecified atom stereocenters. The molecule has 2 aliphatic rings. The van der Waals surface area contributed by atoms with Gasteiger partial charge in [0.25, 0.3) is 11.5 Å². The first kappa shape index (κ1) is 22.5. The number of nitrogens with zero attached hydrogens (tertiary/aromatic N) is 3. The Hall–Kier alpha value is -3.27. The number of hydrogen-bond acceptors (Lipinski definition) is 7. The molecule has 1 aliphatic heterocycles. The van der Waals surface area contributed by atoms with E-state index >= 15 is 0 Å². The average Bonchev–Trinajstić information content (AvgIpc) is 3.61. The summed E-state index contributed by atoms with van der Waals surface area (Å²) in [7, 11) is 0. The lowest BCUT2D eigenvalue weighted by Gasteiger charge is -2.13. The van der Waals surface area contributed by atoms with Crippen molar-refractivity contribution in [2.24, 2.45) is 0 Å². The number of aromatic nitrogens is 3. The van der Waals surface area contributed by atoms with Gasteiger partial charge < -0.3 is 14.6 Å². The number of ketones is 1. The Bertz CT molecular complexity index is 1310. The summed E-state index contributed by atoms with van der Waals surface area (Å²) in [4.78, 5) is 61.0. The molecule has 34 heavy (non-hydrogen) atoms. The molecule has 0 saturated carbocycles. The molecule has 1 aliphatic carbocycles. The number of hydrogen-bond donors (Lipinski definition) is 1. The number of H-pyrrole nitrogens is 1. The van der Waals surface area contributed by atoms with Crippen LogP contribution in [0.4, 0.5) is 0 Å². The number of carbonyl (C=O) groups is 3. The highest BCUT2D eigenvalue weighted by Crippen LogP contribution is 2.33. The number of rotatable bonds is 7. The van der Waals surface area contributed by atoms with Gasteiger partial charge in [-0.3, -0.25) is 23.7 Å². The van der Waals surface area contributed by atoms with E-state index in [1.54, 1.807) is 16.2 Å². The van der Waals surface area contributed by atoms with E-state index in [2.05, 4.69) is 9.97 Å². The number of Topliss-reactive ketones (excluding diaryl/α,β-unsaturated/α-hetero) is 1. The second kappa shape index (κ2) is 9.54. The third kappa shape index (κ3) is 4.42. The van der Waals surface area contributed by atoms with Gasteiger partial charge in [0.05, 0.1) is 18.1 Å². The van der Waals surface area contributed by atoms with E-state index < -0.39 is 18.4 Å². The van der Waals surface area contributed by atoms with Crippen LogP contribution in [0.1, 0.15) is 63.4 Å². The smallest absolute Gasteiger partial charge is 0.308 e. The van der Waals surface area contributed by atoms with Gasteiger partial charge in [-0.1, -0.05) is 0 Å². The monoisotopic (exact) mass is 482 g/mol. The topological polar surface area (TPSA) is 114 Å². The second-order valence-electron chi connectivity index (χ2n) is 8.77. The minimum Gasteiger partial charge on any atom is -0.457 e. The van der Waals surface area contributed by atoms with Crippen LogP contribution >= 0.6 is 11.3 Å². The quantitative estimate of drug-likeness (QED) is 0.409. The Morgan fingerprint density at radius 1 is 1.12 bits per heavy atom. The van der Waals surface area contributed by atoms with E-state index in [-0.39, 0.29) is 24.4 Å². The summed E-state index contributed by atoms with van der Waals surface area (Å²) >= 11 is 1.59. The van der Waals surface area contributed by atoms with E-state index in [9.17, 15) is 19.2 Å². The highest BCUT2D eigenvalue weighted by atomic mass is 32.1. The first-order valence-electron chi connectivity index (χ1n) is 11.7. The number of likely N-dealkylation sites (tertiary alicyclic amines) is 1. The SMILES string of the molecule is O=C(CCn1cnc2sc3c(c2c1=O)CCCC3)OCC(=O)c1c[nH]c(C(=O)N2CCCC2)c1. The highest BCUT2D eigenvalue weighted by molar-refractivity contribution is 7.18. The van der Waals surface area contributed by atoms with Crippen molar-refractivity contribution >= 4 is 39.2 Å². The van der Waals surface area contributed by atoms with Gasteiger partial charge in [0.15, 0.2) is 6.61 Å². The van der Waals surface area contributed by atoms with E-state index in [1.807, 2.05) is 0 Å². The van der Waals surface area contributed by atoms with Gasteiger partial charge in [-0.25, -0.2) is 4.98 Å². The van der Waals surface area contributed by atoms with Gasteiger partial charge in [-0.15, -0.1) is 11.3 Å². The van der Waals surface area contributed by atoms with E-state index in [1.165, 1.54) is 28.0 Å². The summed E-state index contributed by atoms with van der Waals surface area (Å²) in [5.41, 5.74) is 1.63.